The first-order valence-electron chi connectivity index (χ1n) is 6.24. The van der Waals surface area contributed by atoms with Gasteiger partial charge in [-0.3, -0.25) is 0 Å². The molecule has 0 spiro atoms. The molecule has 0 radical (unpaired) electrons. The van der Waals surface area contributed by atoms with Gasteiger partial charge in [0, 0.05) is 29.2 Å². The Labute approximate surface area is 108 Å². The summed E-state index contributed by atoms with van der Waals surface area (Å²) < 4.78 is 5.46. The largest absolute Gasteiger partial charge is 0.381 e. The molecule has 17 heavy (non-hydrogen) atoms. The van der Waals surface area contributed by atoms with Gasteiger partial charge in [0.1, 0.15) is 0 Å². The molecular weight excluding hydrogens is 230 g/mol. The van der Waals surface area contributed by atoms with Crippen LogP contribution in [0.2, 0.25) is 0 Å². The summed E-state index contributed by atoms with van der Waals surface area (Å²) >= 11 is 1.94. The summed E-state index contributed by atoms with van der Waals surface area (Å²) in [5, 5.41) is 3.43. The molecule has 94 valence electrons. The van der Waals surface area contributed by atoms with E-state index in [-0.39, 0.29) is 0 Å². The molecule has 2 rings (SSSR count). The van der Waals surface area contributed by atoms with Crippen molar-refractivity contribution < 1.29 is 4.74 Å². The van der Waals surface area contributed by atoms with Gasteiger partial charge in [0.2, 0.25) is 0 Å². The normalized spacial score (nSPS) is 21.6. The molecule has 2 unspecified atom stereocenters. The second kappa shape index (κ2) is 6.43. The van der Waals surface area contributed by atoms with E-state index in [2.05, 4.69) is 43.6 Å². The maximum Gasteiger partial charge on any atom is 0.0510 e. The van der Waals surface area contributed by atoms with Gasteiger partial charge in [0.25, 0.3) is 0 Å². The second-order valence-electron chi connectivity index (χ2n) is 4.65. The number of hydrogen-bond donors (Lipinski definition) is 1. The number of nitrogens with one attached hydrogen (secondary N) is 1. The summed E-state index contributed by atoms with van der Waals surface area (Å²) in [5.41, 5.74) is 1.33. The standard InChI is InChI=1S/C14H21NOS/c1-11-4-3-5-13(8-11)17-10-14(15-2)12-6-7-16-9-12/h3-5,8,12,14-15H,6-7,9-10H2,1-2H3. The van der Waals surface area contributed by atoms with E-state index in [4.69, 9.17) is 4.74 Å². The summed E-state index contributed by atoms with van der Waals surface area (Å²) in [7, 11) is 2.06. The summed E-state index contributed by atoms with van der Waals surface area (Å²) in [4.78, 5) is 1.36. The minimum absolute atomic E-state index is 0.558. The third-order valence-electron chi connectivity index (χ3n) is 3.32. The van der Waals surface area contributed by atoms with Crippen LogP contribution in [0.5, 0.6) is 0 Å². The van der Waals surface area contributed by atoms with Crippen molar-refractivity contribution >= 4 is 11.8 Å². The van der Waals surface area contributed by atoms with Crippen LogP contribution in [0.1, 0.15) is 12.0 Å². The highest BCUT2D eigenvalue weighted by atomic mass is 32.2. The van der Waals surface area contributed by atoms with Crippen molar-refractivity contribution in [3.63, 3.8) is 0 Å². The van der Waals surface area contributed by atoms with E-state index >= 15 is 0 Å². The fraction of sp³-hybridized carbons (Fsp3) is 0.571. The van der Waals surface area contributed by atoms with E-state index in [1.165, 1.54) is 16.9 Å². The molecule has 1 aromatic carbocycles. The van der Waals surface area contributed by atoms with Crippen LogP contribution in [-0.2, 0) is 4.74 Å². The molecule has 1 aromatic rings. The van der Waals surface area contributed by atoms with E-state index < -0.39 is 0 Å². The maximum absolute atomic E-state index is 5.46. The molecule has 0 amide bonds. The Morgan fingerprint density at radius 3 is 3.06 bits per heavy atom. The molecule has 1 saturated heterocycles. The first-order valence-corrected chi connectivity index (χ1v) is 7.22. The highest BCUT2D eigenvalue weighted by Gasteiger charge is 2.24. The van der Waals surface area contributed by atoms with Crippen LogP contribution in [0.15, 0.2) is 29.2 Å². The molecule has 1 aliphatic heterocycles. The van der Waals surface area contributed by atoms with E-state index in [0.717, 1.165) is 19.0 Å². The Kier molecular flexibility index (Phi) is 4.89. The monoisotopic (exact) mass is 251 g/mol. The molecule has 0 aliphatic carbocycles. The quantitative estimate of drug-likeness (QED) is 0.813. The number of aryl methyl sites for hydroxylation is 1. The zero-order valence-corrected chi connectivity index (χ0v) is 11.4. The molecule has 1 fully saturated rings. The van der Waals surface area contributed by atoms with Crippen LogP contribution in [0.4, 0.5) is 0 Å². The number of thioether (sulfide) groups is 1. The van der Waals surface area contributed by atoms with Gasteiger partial charge in [-0.2, -0.15) is 0 Å². The van der Waals surface area contributed by atoms with E-state index in [9.17, 15) is 0 Å². The number of hydrogen-bond acceptors (Lipinski definition) is 3. The minimum atomic E-state index is 0.558. The number of ether oxygens (including phenoxy) is 1. The average molecular weight is 251 g/mol. The second-order valence-corrected chi connectivity index (χ2v) is 5.74. The lowest BCUT2D eigenvalue weighted by Gasteiger charge is -2.21. The Balaban J connectivity index is 1.87. The fourth-order valence-electron chi connectivity index (χ4n) is 2.22. The predicted octanol–water partition coefficient (Wildman–Crippen LogP) is 2.71. The molecule has 0 bridgehead atoms. The van der Waals surface area contributed by atoms with Crippen LogP contribution in [0.3, 0.4) is 0 Å². The summed E-state index contributed by atoms with van der Waals surface area (Å²) in [6.07, 6.45) is 1.19. The van der Waals surface area contributed by atoms with E-state index in [1.807, 2.05) is 11.8 Å². The van der Waals surface area contributed by atoms with Crippen molar-refractivity contribution in [2.75, 3.05) is 26.0 Å². The van der Waals surface area contributed by atoms with Crippen LogP contribution >= 0.6 is 11.8 Å². The third-order valence-corrected chi connectivity index (χ3v) is 4.44. The van der Waals surface area contributed by atoms with Gasteiger partial charge in [0.15, 0.2) is 0 Å². The molecule has 1 heterocycles. The average Bonchev–Trinajstić information content (AvgIpc) is 2.84. The lowest BCUT2D eigenvalue weighted by atomic mass is 10.0. The van der Waals surface area contributed by atoms with Crippen molar-refractivity contribution in [2.45, 2.75) is 24.3 Å². The number of benzene rings is 1. The molecular formula is C14H21NOS. The molecule has 1 aliphatic rings. The maximum atomic E-state index is 5.46. The molecule has 3 heteroatoms. The van der Waals surface area contributed by atoms with Crippen molar-refractivity contribution in [1.82, 2.24) is 5.32 Å². The topological polar surface area (TPSA) is 21.3 Å². The molecule has 2 atom stereocenters. The lowest BCUT2D eigenvalue weighted by Crippen LogP contribution is -2.36. The van der Waals surface area contributed by atoms with Crippen LogP contribution in [0.25, 0.3) is 0 Å². The van der Waals surface area contributed by atoms with Crippen molar-refractivity contribution in [1.29, 1.82) is 0 Å². The van der Waals surface area contributed by atoms with Crippen LogP contribution < -0.4 is 5.32 Å². The van der Waals surface area contributed by atoms with E-state index in [1.54, 1.807) is 0 Å². The minimum Gasteiger partial charge on any atom is -0.381 e. The van der Waals surface area contributed by atoms with Crippen molar-refractivity contribution in [2.24, 2.45) is 5.92 Å². The summed E-state index contributed by atoms with van der Waals surface area (Å²) in [6, 6.07) is 9.27. The first-order chi connectivity index (χ1) is 8.29. The van der Waals surface area contributed by atoms with Crippen LogP contribution in [-0.4, -0.2) is 32.1 Å². The molecule has 1 N–H and O–H groups in total. The Hall–Kier alpha value is -0.510. The number of rotatable bonds is 5. The SMILES string of the molecule is CNC(CSc1cccc(C)c1)C1CCOC1. The summed E-state index contributed by atoms with van der Waals surface area (Å²) in [5.74, 6) is 1.80. The Morgan fingerprint density at radius 1 is 1.53 bits per heavy atom. The molecule has 2 nitrogen and oxygen atoms in total. The van der Waals surface area contributed by atoms with Gasteiger partial charge in [-0.25, -0.2) is 0 Å². The van der Waals surface area contributed by atoms with Gasteiger partial charge >= 0.3 is 0 Å². The van der Waals surface area contributed by atoms with Gasteiger partial charge in [-0.1, -0.05) is 17.7 Å². The van der Waals surface area contributed by atoms with E-state index in [0.29, 0.717) is 12.0 Å². The Bertz CT molecular complexity index is 350. The molecule has 0 saturated carbocycles. The fourth-order valence-corrected chi connectivity index (χ4v) is 3.47. The zero-order valence-electron chi connectivity index (χ0n) is 10.6. The van der Waals surface area contributed by atoms with Gasteiger partial charge in [-0.15, -0.1) is 11.8 Å². The van der Waals surface area contributed by atoms with Crippen molar-refractivity contribution in [3.05, 3.63) is 29.8 Å². The smallest absolute Gasteiger partial charge is 0.0510 e. The zero-order chi connectivity index (χ0) is 12.1. The van der Waals surface area contributed by atoms with Crippen LogP contribution in [0, 0.1) is 12.8 Å². The lowest BCUT2D eigenvalue weighted by molar-refractivity contribution is 0.180. The van der Waals surface area contributed by atoms with Gasteiger partial charge < -0.3 is 10.1 Å². The van der Waals surface area contributed by atoms with Gasteiger partial charge in [0.05, 0.1) is 6.61 Å². The highest BCUT2D eigenvalue weighted by molar-refractivity contribution is 7.99. The first kappa shape index (κ1) is 12.9. The third kappa shape index (κ3) is 3.73. The highest BCUT2D eigenvalue weighted by Crippen LogP contribution is 2.24. The summed E-state index contributed by atoms with van der Waals surface area (Å²) in [6.45, 7) is 3.99. The predicted molar refractivity (Wildman–Crippen MR) is 73.7 cm³/mol. The van der Waals surface area contributed by atoms with Crippen molar-refractivity contribution in [3.8, 4) is 0 Å². The van der Waals surface area contributed by atoms with Gasteiger partial charge in [-0.05, 0) is 32.5 Å². The molecule has 0 aromatic heterocycles. The Morgan fingerprint density at radius 2 is 2.41 bits per heavy atom.